The molecular weight excluding hydrogens is 302 g/mol. The van der Waals surface area contributed by atoms with Crippen molar-refractivity contribution in [1.82, 2.24) is 14.9 Å². The molecule has 2 aromatic rings. The van der Waals surface area contributed by atoms with Gasteiger partial charge < -0.3 is 9.84 Å². The van der Waals surface area contributed by atoms with E-state index in [0.29, 0.717) is 12.1 Å². The predicted octanol–water partition coefficient (Wildman–Crippen LogP) is 2.55. The van der Waals surface area contributed by atoms with Crippen molar-refractivity contribution in [1.29, 1.82) is 0 Å². The van der Waals surface area contributed by atoms with Gasteiger partial charge in [-0.15, -0.1) is 0 Å². The summed E-state index contributed by atoms with van der Waals surface area (Å²) >= 11 is 0. The molecule has 5 nitrogen and oxygen atoms in total. The van der Waals surface area contributed by atoms with E-state index in [4.69, 9.17) is 4.74 Å². The van der Waals surface area contributed by atoms with Crippen LogP contribution in [0.2, 0.25) is 0 Å². The quantitative estimate of drug-likeness (QED) is 0.936. The number of aryl methyl sites for hydroxylation is 1. The van der Waals surface area contributed by atoms with Gasteiger partial charge in [0.1, 0.15) is 11.6 Å². The Morgan fingerprint density at radius 2 is 2.21 bits per heavy atom. The molecule has 126 valence electrons. The summed E-state index contributed by atoms with van der Waals surface area (Å²) in [6.45, 7) is 2.85. The van der Waals surface area contributed by atoms with Crippen molar-refractivity contribution < 1.29 is 9.84 Å². The molecule has 1 fully saturated rings. The van der Waals surface area contributed by atoms with E-state index in [1.54, 1.807) is 7.11 Å². The van der Waals surface area contributed by atoms with E-state index in [9.17, 15) is 5.11 Å². The number of aromatic nitrogens is 2. The van der Waals surface area contributed by atoms with E-state index in [1.165, 1.54) is 29.7 Å². The molecule has 4 rings (SSSR count). The van der Waals surface area contributed by atoms with Crippen LogP contribution in [-0.2, 0) is 19.6 Å². The first-order valence-electron chi connectivity index (χ1n) is 8.54. The Morgan fingerprint density at radius 1 is 1.33 bits per heavy atom. The zero-order valence-electron chi connectivity index (χ0n) is 14.2. The van der Waals surface area contributed by atoms with Gasteiger partial charge in [-0.1, -0.05) is 6.07 Å². The predicted molar refractivity (Wildman–Crippen MR) is 90.7 cm³/mol. The Morgan fingerprint density at radius 3 is 3.00 bits per heavy atom. The van der Waals surface area contributed by atoms with Crippen LogP contribution in [0.5, 0.6) is 5.75 Å². The van der Waals surface area contributed by atoms with Crippen LogP contribution >= 0.6 is 0 Å². The summed E-state index contributed by atoms with van der Waals surface area (Å²) in [5.41, 5.74) is 4.59. The fourth-order valence-corrected chi connectivity index (χ4v) is 4.19. The van der Waals surface area contributed by atoms with Crippen LogP contribution in [0.15, 0.2) is 24.4 Å². The summed E-state index contributed by atoms with van der Waals surface area (Å²) in [5.74, 6) is 1.61. The Balaban J connectivity index is 1.61. The summed E-state index contributed by atoms with van der Waals surface area (Å²) < 4.78 is 5.30. The highest BCUT2D eigenvalue weighted by Crippen LogP contribution is 2.43. The first kappa shape index (κ1) is 15.5. The topological polar surface area (TPSA) is 58.5 Å². The minimum Gasteiger partial charge on any atom is -0.496 e. The van der Waals surface area contributed by atoms with Crippen molar-refractivity contribution in [2.24, 2.45) is 0 Å². The monoisotopic (exact) mass is 325 g/mol. The number of nitrogens with zero attached hydrogens (tertiary/aromatic N) is 3. The van der Waals surface area contributed by atoms with Gasteiger partial charge in [-0.05, 0) is 37.5 Å². The van der Waals surface area contributed by atoms with E-state index in [2.05, 4.69) is 27.0 Å². The smallest absolute Gasteiger partial charge is 0.125 e. The van der Waals surface area contributed by atoms with Crippen LogP contribution in [0.4, 0.5) is 0 Å². The zero-order valence-corrected chi connectivity index (χ0v) is 14.2. The Kier molecular flexibility index (Phi) is 3.98. The average molecular weight is 325 g/mol. The summed E-state index contributed by atoms with van der Waals surface area (Å²) in [6, 6.07) is 7.07. The van der Waals surface area contributed by atoms with Gasteiger partial charge in [0.2, 0.25) is 0 Å². The van der Waals surface area contributed by atoms with E-state index in [0.717, 1.165) is 30.1 Å². The normalized spacial score (nSPS) is 22.5. The first-order valence-corrected chi connectivity index (χ1v) is 8.54. The number of hydrogen-bond acceptors (Lipinski definition) is 5. The average Bonchev–Trinajstić information content (AvgIpc) is 2.87. The number of methoxy groups -OCH3 is 1. The van der Waals surface area contributed by atoms with Gasteiger partial charge in [0.25, 0.3) is 0 Å². The van der Waals surface area contributed by atoms with Gasteiger partial charge in [0.05, 0.1) is 19.4 Å². The molecule has 0 aliphatic carbocycles. The number of fused-ring (bicyclic) bond motifs is 4. The van der Waals surface area contributed by atoms with E-state index in [-0.39, 0.29) is 6.61 Å². The van der Waals surface area contributed by atoms with Gasteiger partial charge in [0, 0.05) is 42.4 Å². The maximum Gasteiger partial charge on any atom is 0.125 e. The van der Waals surface area contributed by atoms with Crippen molar-refractivity contribution in [3.05, 3.63) is 52.6 Å². The maximum absolute atomic E-state index is 9.54. The van der Waals surface area contributed by atoms with Crippen molar-refractivity contribution in [3.63, 3.8) is 0 Å². The summed E-state index contributed by atoms with van der Waals surface area (Å²) in [7, 11) is 1.64. The molecule has 1 N–H and O–H groups in total. The Labute approximate surface area is 142 Å². The van der Waals surface area contributed by atoms with Crippen molar-refractivity contribution >= 4 is 0 Å². The lowest BCUT2D eigenvalue weighted by Gasteiger charge is -2.35. The Bertz CT molecular complexity index is 762. The molecule has 1 aromatic carbocycles. The molecule has 3 heterocycles. The zero-order chi connectivity index (χ0) is 16.7. The van der Waals surface area contributed by atoms with Crippen LogP contribution in [0, 0.1) is 6.92 Å². The van der Waals surface area contributed by atoms with E-state index < -0.39 is 0 Å². The third-order valence-corrected chi connectivity index (χ3v) is 5.33. The van der Waals surface area contributed by atoms with Gasteiger partial charge in [0.15, 0.2) is 0 Å². The molecule has 0 radical (unpaired) electrons. The number of aliphatic hydroxyl groups excluding tert-OH is 1. The van der Waals surface area contributed by atoms with Crippen molar-refractivity contribution in [2.45, 2.75) is 51.4 Å². The highest BCUT2D eigenvalue weighted by atomic mass is 16.5. The van der Waals surface area contributed by atoms with Crippen LogP contribution in [0.1, 0.15) is 47.1 Å². The van der Waals surface area contributed by atoms with Crippen molar-refractivity contribution in [2.75, 3.05) is 7.11 Å². The largest absolute Gasteiger partial charge is 0.496 e. The number of ether oxygens (including phenoxy) is 1. The van der Waals surface area contributed by atoms with E-state index >= 15 is 0 Å². The minimum absolute atomic E-state index is 0.000178. The molecule has 1 saturated heterocycles. The van der Waals surface area contributed by atoms with Crippen LogP contribution in [-0.4, -0.2) is 33.1 Å². The maximum atomic E-state index is 9.54. The highest BCUT2D eigenvalue weighted by Gasteiger charge is 2.40. The second kappa shape index (κ2) is 6.15. The third-order valence-electron chi connectivity index (χ3n) is 5.33. The summed E-state index contributed by atoms with van der Waals surface area (Å²) in [4.78, 5) is 11.6. The minimum atomic E-state index is -0.000178. The van der Waals surface area contributed by atoms with Crippen molar-refractivity contribution in [3.8, 4) is 5.75 Å². The molecule has 2 atom stereocenters. The SMILES string of the molecule is COc1ccc(CN2[C@@H]3CC[C@H]2c2cnc(C)nc2C3)cc1CO. The first-order chi connectivity index (χ1) is 11.7. The van der Waals surface area contributed by atoms with Gasteiger partial charge in [-0.2, -0.15) is 0 Å². The van der Waals surface area contributed by atoms with Crippen LogP contribution in [0.25, 0.3) is 0 Å². The lowest BCUT2D eigenvalue weighted by atomic mass is 9.98. The molecule has 0 saturated carbocycles. The number of rotatable bonds is 4. The summed E-state index contributed by atoms with van der Waals surface area (Å²) in [6.07, 6.45) is 5.42. The Hall–Kier alpha value is -1.98. The molecular formula is C19H23N3O2. The third kappa shape index (κ3) is 2.58. The number of aliphatic hydroxyl groups is 1. The summed E-state index contributed by atoms with van der Waals surface area (Å²) in [5, 5.41) is 9.54. The molecule has 0 spiro atoms. The van der Waals surface area contributed by atoms with Gasteiger partial charge >= 0.3 is 0 Å². The molecule has 5 heteroatoms. The standard InChI is InChI=1S/C19H23N3O2/c1-12-20-9-16-17(21-12)8-15-4-5-18(16)22(15)10-13-3-6-19(24-2)14(7-13)11-23/h3,6-7,9,15,18,23H,4-5,8,10-11H2,1-2H3/t15-,18+/m1/s1. The van der Waals surface area contributed by atoms with Crippen LogP contribution in [0.3, 0.4) is 0 Å². The van der Waals surface area contributed by atoms with Gasteiger partial charge in [-0.3, -0.25) is 4.90 Å². The lowest BCUT2D eigenvalue weighted by molar-refractivity contribution is 0.166. The molecule has 0 amide bonds. The highest BCUT2D eigenvalue weighted by molar-refractivity contribution is 5.37. The fourth-order valence-electron chi connectivity index (χ4n) is 4.19. The lowest BCUT2D eigenvalue weighted by Crippen LogP contribution is -2.37. The fraction of sp³-hybridized carbons (Fsp3) is 0.474. The molecule has 2 bridgehead atoms. The van der Waals surface area contributed by atoms with Crippen LogP contribution < -0.4 is 4.74 Å². The second-order valence-corrected chi connectivity index (χ2v) is 6.75. The molecule has 0 unspecified atom stereocenters. The van der Waals surface area contributed by atoms with Gasteiger partial charge in [-0.25, -0.2) is 9.97 Å². The molecule has 2 aliphatic rings. The molecule has 24 heavy (non-hydrogen) atoms. The number of hydrogen-bond donors (Lipinski definition) is 1. The second-order valence-electron chi connectivity index (χ2n) is 6.75. The van der Waals surface area contributed by atoms with E-state index in [1.807, 2.05) is 19.2 Å². The molecule has 1 aromatic heterocycles. The molecule has 2 aliphatic heterocycles. The number of benzene rings is 1.